The molecule has 2 aromatic rings. The SMILES string of the molecule is Cc1ccc(SCCC(=O)NNC(=O)CN2C(=O)COc3ccccc32)cc1C. The Morgan fingerprint density at radius 2 is 1.83 bits per heavy atom. The van der Waals surface area contributed by atoms with Crippen molar-refractivity contribution in [2.75, 3.05) is 23.8 Å². The lowest BCUT2D eigenvalue weighted by atomic mass is 10.1. The smallest absolute Gasteiger partial charge is 0.265 e. The van der Waals surface area contributed by atoms with Crippen molar-refractivity contribution in [3.63, 3.8) is 0 Å². The molecule has 3 amide bonds. The lowest BCUT2D eigenvalue weighted by molar-refractivity contribution is -0.129. The van der Waals surface area contributed by atoms with Crippen molar-refractivity contribution in [2.45, 2.75) is 25.2 Å². The van der Waals surface area contributed by atoms with E-state index in [4.69, 9.17) is 4.74 Å². The number of benzene rings is 2. The summed E-state index contributed by atoms with van der Waals surface area (Å²) in [7, 11) is 0. The second-order valence-electron chi connectivity index (χ2n) is 6.68. The first-order chi connectivity index (χ1) is 13.9. The van der Waals surface area contributed by atoms with E-state index in [0.29, 0.717) is 17.2 Å². The van der Waals surface area contributed by atoms with Crippen LogP contribution in [0.4, 0.5) is 5.69 Å². The summed E-state index contributed by atoms with van der Waals surface area (Å²) in [5, 5.41) is 0. The van der Waals surface area contributed by atoms with Gasteiger partial charge < -0.3 is 4.74 Å². The van der Waals surface area contributed by atoms with Crippen molar-refractivity contribution in [3.8, 4) is 5.75 Å². The summed E-state index contributed by atoms with van der Waals surface area (Å²) < 4.78 is 5.35. The third kappa shape index (κ3) is 5.51. The van der Waals surface area contributed by atoms with Gasteiger partial charge in [-0.1, -0.05) is 18.2 Å². The molecule has 1 heterocycles. The van der Waals surface area contributed by atoms with E-state index in [1.54, 1.807) is 36.0 Å². The second-order valence-corrected chi connectivity index (χ2v) is 7.85. The first-order valence-corrected chi connectivity index (χ1v) is 10.2. The molecule has 0 fully saturated rings. The summed E-state index contributed by atoms with van der Waals surface area (Å²) in [5.41, 5.74) is 7.74. The van der Waals surface area contributed by atoms with Crippen molar-refractivity contribution in [1.82, 2.24) is 10.9 Å². The zero-order chi connectivity index (χ0) is 20.8. The van der Waals surface area contributed by atoms with E-state index in [1.807, 2.05) is 6.07 Å². The predicted octanol–water partition coefficient (Wildman–Crippen LogP) is 2.36. The molecule has 0 bridgehead atoms. The average molecular weight is 413 g/mol. The first-order valence-electron chi connectivity index (χ1n) is 9.24. The monoisotopic (exact) mass is 413 g/mol. The fourth-order valence-corrected chi connectivity index (χ4v) is 3.73. The summed E-state index contributed by atoms with van der Waals surface area (Å²) in [6, 6.07) is 13.2. The molecular weight excluding hydrogens is 390 g/mol. The van der Waals surface area contributed by atoms with Crippen LogP contribution >= 0.6 is 11.8 Å². The van der Waals surface area contributed by atoms with Crippen molar-refractivity contribution in [2.24, 2.45) is 0 Å². The number of carbonyl (C=O) groups excluding carboxylic acids is 3. The number of aryl methyl sites for hydroxylation is 2. The van der Waals surface area contributed by atoms with Gasteiger partial charge in [0.15, 0.2) is 6.61 Å². The highest BCUT2D eigenvalue weighted by Gasteiger charge is 2.26. The largest absolute Gasteiger partial charge is 0.482 e. The number of amides is 3. The molecular formula is C21H23N3O4S. The Morgan fingerprint density at radius 3 is 2.62 bits per heavy atom. The second kappa shape index (κ2) is 9.47. The Balaban J connectivity index is 1.43. The fourth-order valence-electron chi connectivity index (χ4n) is 2.78. The normalized spacial score (nSPS) is 12.8. The summed E-state index contributed by atoms with van der Waals surface area (Å²) in [6.45, 7) is 3.80. The predicted molar refractivity (Wildman–Crippen MR) is 112 cm³/mol. The number of hydrazine groups is 1. The number of rotatable bonds is 6. The zero-order valence-electron chi connectivity index (χ0n) is 16.4. The lowest BCUT2D eigenvalue weighted by Gasteiger charge is -2.28. The van der Waals surface area contributed by atoms with Crippen LogP contribution in [0.2, 0.25) is 0 Å². The molecule has 0 saturated heterocycles. The van der Waals surface area contributed by atoms with Crippen molar-refractivity contribution in [3.05, 3.63) is 53.6 Å². The third-order valence-electron chi connectivity index (χ3n) is 4.53. The molecule has 0 aliphatic carbocycles. The van der Waals surface area contributed by atoms with E-state index in [0.717, 1.165) is 4.90 Å². The van der Waals surface area contributed by atoms with Gasteiger partial charge in [-0.15, -0.1) is 11.8 Å². The first kappa shape index (κ1) is 20.7. The molecule has 3 rings (SSSR count). The zero-order valence-corrected chi connectivity index (χ0v) is 17.2. The van der Waals surface area contributed by atoms with Gasteiger partial charge in [0.1, 0.15) is 12.3 Å². The van der Waals surface area contributed by atoms with Gasteiger partial charge in [-0.05, 0) is 49.2 Å². The van der Waals surface area contributed by atoms with Crippen LogP contribution in [0.5, 0.6) is 5.75 Å². The summed E-state index contributed by atoms with van der Waals surface area (Å²) in [5.74, 6) is 0.0652. The van der Waals surface area contributed by atoms with Gasteiger partial charge >= 0.3 is 0 Å². The van der Waals surface area contributed by atoms with Crippen LogP contribution in [-0.2, 0) is 14.4 Å². The highest BCUT2D eigenvalue weighted by Crippen LogP contribution is 2.31. The van der Waals surface area contributed by atoms with E-state index >= 15 is 0 Å². The van der Waals surface area contributed by atoms with E-state index in [2.05, 4.69) is 36.8 Å². The Kier molecular flexibility index (Phi) is 6.77. The Morgan fingerprint density at radius 1 is 1.07 bits per heavy atom. The molecule has 2 aromatic carbocycles. The van der Waals surface area contributed by atoms with Gasteiger partial charge in [0.25, 0.3) is 11.8 Å². The van der Waals surface area contributed by atoms with Gasteiger partial charge in [-0.3, -0.25) is 30.1 Å². The van der Waals surface area contributed by atoms with Crippen LogP contribution in [0.1, 0.15) is 17.5 Å². The quantitative estimate of drug-likeness (QED) is 0.561. The van der Waals surface area contributed by atoms with Crippen LogP contribution in [0, 0.1) is 13.8 Å². The summed E-state index contributed by atoms with van der Waals surface area (Å²) in [6.07, 6.45) is 0.261. The maximum absolute atomic E-state index is 12.2. The topological polar surface area (TPSA) is 87.7 Å². The van der Waals surface area contributed by atoms with E-state index in [9.17, 15) is 14.4 Å². The Labute approximate surface area is 173 Å². The average Bonchev–Trinajstić information content (AvgIpc) is 2.71. The fraction of sp³-hybridized carbons (Fsp3) is 0.286. The maximum atomic E-state index is 12.2. The van der Waals surface area contributed by atoms with Gasteiger partial charge in [-0.25, -0.2) is 0 Å². The van der Waals surface area contributed by atoms with Gasteiger partial charge in [-0.2, -0.15) is 0 Å². The molecule has 0 radical (unpaired) electrons. The highest BCUT2D eigenvalue weighted by molar-refractivity contribution is 7.99. The summed E-state index contributed by atoms with van der Waals surface area (Å²) in [4.78, 5) is 38.7. The van der Waals surface area contributed by atoms with E-state index in [1.165, 1.54) is 16.0 Å². The number of carbonyl (C=O) groups is 3. The molecule has 1 aliphatic heterocycles. The van der Waals surface area contributed by atoms with Gasteiger partial charge in [0.2, 0.25) is 5.91 Å². The molecule has 0 aromatic heterocycles. The van der Waals surface area contributed by atoms with Crippen LogP contribution in [-0.4, -0.2) is 36.6 Å². The number of nitrogens with one attached hydrogen (secondary N) is 2. The minimum atomic E-state index is -0.481. The summed E-state index contributed by atoms with van der Waals surface area (Å²) >= 11 is 1.59. The van der Waals surface area contributed by atoms with Gasteiger partial charge in [0.05, 0.1) is 5.69 Å². The number of hydrogen-bond donors (Lipinski definition) is 2. The number of nitrogens with zero attached hydrogens (tertiary/aromatic N) is 1. The van der Waals surface area contributed by atoms with E-state index in [-0.39, 0.29) is 31.4 Å². The number of para-hydroxylation sites is 2. The van der Waals surface area contributed by atoms with Crippen molar-refractivity contribution in [1.29, 1.82) is 0 Å². The minimum Gasteiger partial charge on any atom is -0.482 e. The van der Waals surface area contributed by atoms with Crippen molar-refractivity contribution < 1.29 is 19.1 Å². The third-order valence-corrected chi connectivity index (χ3v) is 5.52. The maximum Gasteiger partial charge on any atom is 0.265 e. The number of anilines is 1. The van der Waals surface area contributed by atoms with Gasteiger partial charge in [0, 0.05) is 17.1 Å². The molecule has 7 nitrogen and oxygen atoms in total. The van der Waals surface area contributed by atoms with Crippen LogP contribution in [0.3, 0.4) is 0 Å². The minimum absolute atomic E-state index is 0.119. The van der Waals surface area contributed by atoms with E-state index < -0.39 is 5.91 Å². The molecule has 0 saturated carbocycles. The van der Waals surface area contributed by atoms with Crippen LogP contribution < -0.4 is 20.5 Å². The number of ether oxygens (including phenoxy) is 1. The molecule has 0 atom stereocenters. The Hall–Kier alpha value is -3.00. The molecule has 152 valence electrons. The molecule has 0 unspecified atom stereocenters. The molecule has 1 aliphatic rings. The number of hydrogen-bond acceptors (Lipinski definition) is 5. The lowest BCUT2D eigenvalue weighted by Crippen LogP contribution is -2.49. The molecule has 2 N–H and O–H groups in total. The van der Waals surface area contributed by atoms with Crippen molar-refractivity contribution >= 4 is 35.2 Å². The molecule has 29 heavy (non-hydrogen) atoms. The number of fused-ring (bicyclic) bond motifs is 1. The standard InChI is InChI=1S/C21H23N3O4S/c1-14-7-8-16(11-15(14)2)29-10-9-19(25)22-23-20(26)12-24-17-5-3-4-6-18(17)28-13-21(24)27/h3-8,11H,9-10,12-13H2,1-2H3,(H,22,25)(H,23,26). The number of thioether (sulfide) groups is 1. The van der Waals surface area contributed by atoms with Crippen LogP contribution in [0.25, 0.3) is 0 Å². The Bertz CT molecular complexity index is 932. The molecule has 8 heteroatoms. The highest BCUT2D eigenvalue weighted by atomic mass is 32.2. The van der Waals surface area contributed by atoms with Crippen LogP contribution in [0.15, 0.2) is 47.4 Å². The molecule has 0 spiro atoms.